The highest BCUT2D eigenvalue weighted by Crippen LogP contribution is 2.37. The Balaban J connectivity index is 2.29. The second-order valence-corrected chi connectivity index (χ2v) is 7.25. The van der Waals surface area contributed by atoms with Crippen LogP contribution in [0.3, 0.4) is 0 Å². The molecule has 1 atom stereocenters. The molecule has 2 N–H and O–H groups in total. The third kappa shape index (κ3) is 7.00. The van der Waals surface area contributed by atoms with E-state index in [0.29, 0.717) is 47.7 Å². The van der Waals surface area contributed by atoms with Crippen LogP contribution in [0.2, 0.25) is 0 Å². The molecule has 2 aromatic rings. The van der Waals surface area contributed by atoms with Gasteiger partial charge in [0.1, 0.15) is 11.5 Å². The maximum absolute atomic E-state index is 12.6. The molecule has 0 saturated carbocycles. The lowest BCUT2D eigenvalue weighted by Crippen LogP contribution is -2.36. The van der Waals surface area contributed by atoms with Crippen LogP contribution >= 0.6 is 0 Å². The molecule has 0 aliphatic rings. The first-order valence-corrected chi connectivity index (χ1v) is 10.7. The zero-order valence-electron chi connectivity index (χ0n) is 19.0. The molecule has 0 saturated heterocycles. The molecule has 0 spiro atoms. The van der Waals surface area contributed by atoms with Gasteiger partial charge in [0.15, 0.2) is 0 Å². The zero-order valence-corrected chi connectivity index (χ0v) is 19.0. The molecule has 2 aromatic carbocycles. The lowest BCUT2D eigenvalue weighted by molar-refractivity contribution is -0.117. The van der Waals surface area contributed by atoms with Crippen molar-refractivity contribution in [2.45, 2.75) is 40.2 Å². The summed E-state index contributed by atoms with van der Waals surface area (Å²) in [5.74, 6) is 0.526. The number of ether oxygens (including phenoxy) is 2. The van der Waals surface area contributed by atoms with E-state index in [-0.39, 0.29) is 18.4 Å². The fourth-order valence-corrected chi connectivity index (χ4v) is 2.97. The standard InChI is InChI=1S/C24H33N3O4/c1-6-17(4)27(5)16-23(28)25-19-14-22(31-8-3)20(15-21(19)30-7-2)26-24(29)18-12-10-9-11-13-18/h9-15,17H,6-8,16H2,1-5H3,(H,25,28)(H,26,29). The van der Waals surface area contributed by atoms with E-state index in [1.54, 1.807) is 36.4 Å². The van der Waals surface area contributed by atoms with E-state index in [2.05, 4.69) is 24.5 Å². The first kappa shape index (κ1) is 24.2. The van der Waals surface area contributed by atoms with Crippen LogP contribution in [0.25, 0.3) is 0 Å². The lowest BCUT2D eigenvalue weighted by Gasteiger charge is -2.23. The minimum Gasteiger partial charge on any atom is -0.492 e. The summed E-state index contributed by atoms with van der Waals surface area (Å²) in [6.45, 7) is 8.97. The van der Waals surface area contributed by atoms with Gasteiger partial charge in [0.2, 0.25) is 5.91 Å². The number of amides is 2. The molecule has 7 heteroatoms. The average Bonchev–Trinajstić information content (AvgIpc) is 2.76. The highest BCUT2D eigenvalue weighted by molar-refractivity contribution is 6.05. The number of hydrogen-bond donors (Lipinski definition) is 2. The second kappa shape index (κ2) is 12.0. The van der Waals surface area contributed by atoms with Crippen molar-refractivity contribution >= 4 is 23.2 Å². The van der Waals surface area contributed by atoms with Gasteiger partial charge in [-0.3, -0.25) is 14.5 Å². The van der Waals surface area contributed by atoms with E-state index >= 15 is 0 Å². The normalized spacial score (nSPS) is 11.7. The van der Waals surface area contributed by atoms with E-state index in [4.69, 9.17) is 9.47 Å². The predicted molar refractivity (Wildman–Crippen MR) is 124 cm³/mol. The summed E-state index contributed by atoms with van der Waals surface area (Å²) < 4.78 is 11.5. The number of nitrogens with one attached hydrogen (secondary N) is 2. The van der Waals surface area contributed by atoms with Gasteiger partial charge in [-0.05, 0) is 46.4 Å². The maximum atomic E-state index is 12.6. The van der Waals surface area contributed by atoms with Crippen molar-refractivity contribution in [1.29, 1.82) is 0 Å². The van der Waals surface area contributed by atoms with Crippen LogP contribution in [0.5, 0.6) is 11.5 Å². The van der Waals surface area contributed by atoms with Crippen molar-refractivity contribution < 1.29 is 19.1 Å². The van der Waals surface area contributed by atoms with Crippen LogP contribution < -0.4 is 20.1 Å². The Bertz CT molecular complexity index is 871. The van der Waals surface area contributed by atoms with Crippen molar-refractivity contribution in [2.75, 3.05) is 37.4 Å². The lowest BCUT2D eigenvalue weighted by atomic mass is 10.2. The van der Waals surface area contributed by atoms with E-state index < -0.39 is 0 Å². The van der Waals surface area contributed by atoms with Gasteiger partial charge >= 0.3 is 0 Å². The largest absolute Gasteiger partial charge is 0.492 e. The number of carbonyl (C=O) groups excluding carboxylic acids is 2. The smallest absolute Gasteiger partial charge is 0.255 e. The minimum atomic E-state index is -0.254. The summed E-state index contributed by atoms with van der Waals surface area (Å²) in [5, 5.41) is 5.80. The molecular formula is C24H33N3O4. The Hall–Kier alpha value is -3.06. The van der Waals surface area contributed by atoms with Gasteiger partial charge in [0, 0.05) is 23.7 Å². The highest BCUT2D eigenvalue weighted by Gasteiger charge is 2.18. The maximum Gasteiger partial charge on any atom is 0.255 e. The van der Waals surface area contributed by atoms with Crippen molar-refractivity contribution in [2.24, 2.45) is 0 Å². The molecular weight excluding hydrogens is 394 g/mol. The SMILES string of the molecule is CCOc1cc(NC(=O)c2ccccc2)c(OCC)cc1NC(=O)CN(C)C(C)CC. The Morgan fingerprint density at radius 2 is 1.48 bits per heavy atom. The quantitative estimate of drug-likeness (QED) is 0.555. The van der Waals surface area contributed by atoms with Crippen LogP contribution in [0, 0.1) is 0 Å². The average molecular weight is 428 g/mol. The summed E-state index contributed by atoms with van der Waals surface area (Å²) in [6.07, 6.45) is 0.957. The van der Waals surface area contributed by atoms with Crippen molar-refractivity contribution in [3.63, 3.8) is 0 Å². The van der Waals surface area contributed by atoms with Crippen LogP contribution in [0.15, 0.2) is 42.5 Å². The Morgan fingerprint density at radius 1 is 0.935 bits per heavy atom. The van der Waals surface area contributed by atoms with Gasteiger partial charge in [-0.1, -0.05) is 25.1 Å². The molecule has 0 radical (unpaired) electrons. The molecule has 1 unspecified atom stereocenters. The number of carbonyl (C=O) groups is 2. The molecule has 7 nitrogen and oxygen atoms in total. The van der Waals surface area contributed by atoms with Crippen LogP contribution in [-0.4, -0.2) is 49.6 Å². The summed E-state index contributed by atoms with van der Waals surface area (Å²) in [6, 6.07) is 12.6. The van der Waals surface area contributed by atoms with E-state index in [1.165, 1.54) is 0 Å². The van der Waals surface area contributed by atoms with Crippen molar-refractivity contribution in [1.82, 2.24) is 4.90 Å². The number of anilines is 2. The van der Waals surface area contributed by atoms with Crippen molar-refractivity contribution in [3.05, 3.63) is 48.0 Å². The number of hydrogen-bond acceptors (Lipinski definition) is 5. The predicted octanol–water partition coefficient (Wildman–Crippen LogP) is 4.41. The first-order valence-electron chi connectivity index (χ1n) is 10.7. The third-order valence-electron chi connectivity index (χ3n) is 4.98. The molecule has 31 heavy (non-hydrogen) atoms. The molecule has 2 amide bonds. The van der Waals surface area contributed by atoms with E-state index in [1.807, 2.05) is 31.9 Å². The fourth-order valence-electron chi connectivity index (χ4n) is 2.97. The van der Waals surface area contributed by atoms with Crippen LogP contribution in [0.1, 0.15) is 44.5 Å². The first-order chi connectivity index (χ1) is 14.9. The molecule has 0 aromatic heterocycles. The summed E-state index contributed by atoms with van der Waals surface area (Å²) in [7, 11) is 1.92. The Morgan fingerprint density at radius 3 is 2.00 bits per heavy atom. The number of likely N-dealkylation sites (N-methyl/N-ethyl adjacent to an activating group) is 1. The summed E-state index contributed by atoms with van der Waals surface area (Å²) >= 11 is 0. The summed E-state index contributed by atoms with van der Waals surface area (Å²) in [5.41, 5.74) is 1.52. The van der Waals surface area contributed by atoms with Gasteiger partial charge < -0.3 is 20.1 Å². The minimum absolute atomic E-state index is 0.146. The summed E-state index contributed by atoms with van der Waals surface area (Å²) in [4.78, 5) is 27.2. The molecule has 0 aliphatic heterocycles. The van der Waals surface area contributed by atoms with Gasteiger partial charge in [-0.2, -0.15) is 0 Å². The van der Waals surface area contributed by atoms with Crippen LogP contribution in [0.4, 0.5) is 11.4 Å². The highest BCUT2D eigenvalue weighted by atomic mass is 16.5. The second-order valence-electron chi connectivity index (χ2n) is 7.25. The van der Waals surface area contributed by atoms with E-state index in [0.717, 1.165) is 6.42 Å². The fraction of sp³-hybridized carbons (Fsp3) is 0.417. The van der Waals surface area contributed by atoms with E-state index in [9.17, 15) is 9.59 Å². The Kier molecular flexibility index (Phi) is 9.34. The zero-order chi connectivity index (χ0) is 22.8. The van der Waals surface area contributed by atoms with Gasteiger partial charge in [-0.15, -0.1) is 0 Å². The van der Waals surface area contributed by atoms with Gasteiger partial charge in [-0.25, -0.2) is 0 Å². The van der Waals surface area contributed by atoms with Gasteiger partial charge in [0.25, 0.3) is 5.91 Å². The van der Waals surface area contributed by atoms with Crippen LogP contribution in [-0.2, 0) is 4.79 Å². The molecule has 168 valence electrons. The molecule has 0 heterocycles. The number of benzene rings is 2. The number of rotatable bonds is 11. The number of nitrogens with zero attached hydrogens (tertiary/aromatic N) is 1. The molecule has 0 bridgehead atoms. The Labute approximate surface area is 184 Å². The molecule has 0 fully saturated rings. The van der Waals surface area contributed by atoms with Gasteiger partial charge in [0.05, 0.1) is 31.1 Å². The molecule has 2 rings (SSSR count). The third-order valence-corrected chi connectivity index (χ3v) is 4.98. The topological polar surface area (TPSA) is 79.9 Å². The molecule has 0 aliphatic carbocycles. The van der Waals surface area contributed by atoms with Crippen molar-refractivity contribution in [3.8, 4) is 11.5 Å². The monoisotopic (exact) mass is 427 g/mol.